The van der Waals surface area contributed by atoms with Gasteiger partial charge in [0.1, 0.15) is 0 Å². The second-order valence-electron chi connectivity index (χ2n) is 5.60. The molecular formula is C11H18O3. The number of ether oxygens (including phenoxy) is 2. The molecule has 0 bridgehead atoms. The Labute approximate surface area is 84.4 Å². The van der Waals surface area contributed by atoms with E-state index in [-0.39, 0.29) is 11.7 Å². The molecule has 0 aromatic carbocycles. The number of aliphatic hydroxyl groups is 1. The molecule has 1 atom stereocenters. The zero-order valence-corrected chi connectivity index (χ0v) is 8.88. The standard InChI is InChI=1S/C11H18O3/c1-9(2)13-8(11(12)5-6-11)7-10(14-9)3-4-10/h8,12H,3-7H2,1-2H3/t8-/m0/s1. The van der Waals surface area contributed by atoms with Gasteiger partial charge in [0, 0.05) is 6.42 Å². The van der Waals surface area contributed by atoms with Crippen molar-refractivity contribution in [3.05, 3.63) is 0 Å². The van der Waals surface area contributed by atoms with Crippen LogP contribution in [0.25, 0.3) is 0 Å². The van der Waals surface area contributed by atoms with Gasteiger partial charge in [0.15, 0.2) is 5.79 Å². The SMILES string of the molecule is CC1(C)O[C@H](C2(O)CC2)CC2(CC2)O1. The molecule has 2 saturated carbocycles. The lowest BCUT2D eigenvalue weighted by atomic mass is 10.0. The highest BCUT2D eigenvalue weighted by molar-refractivity contribution is 5.09. The summed E-state index contributed by atoms with van der Waals surface area (Å²) in [5.41, 5.74) is -0.485. The molecule has 1 heterocycles. The van der Waals surface area contributed by atoms with Gasteiger partial charge in [0.05, 0.1) is 17.3 Å². The van der Waals surface area contributed by atoms with Crippen molar-refractivity contribution in [2.24, 2.45) is 0 Å². The molecule has 1 N–H and O–H groups in total. The lowest BCUT2D eigenvalue weighted by Crippen LogP contribution is -2.50. The van der Waals surface area contributed by atoms with Gasteiger partial charge in [0.2, 0.25) is 0 Å². The van der Waals surface area contributed by atoms with Crippen molar-refractivity contribution >= 4 is 0 Å². The fourth-order valence-electron chi connectivity index (χ4n) is 2.50. The van der Waals surface area contributed by atoms with Crippen LogP contribution < -0.4 is 0 Å². The Balaban J connectivity index is 1.80. The van der Waals surface area contributed by atoms with E-state index in [1.807, 2.05) is 13.8 Å². The summed E-state index contributed by atoms with van der Waals surface area (Å²) in [6.45, 7) is 3.90. The first-order chi connectivity index (χ1) is 6.43. The average Bonchev–Trinajstić information content (AvgIpc) is 2.91. The summed E-state index contributed by atoms with van der Waals surface area (Å²) in [6.07, 6.45) is 4.92. The maximum absolute atomic E-state index is 10.1. The van der Waals surface area contributed by atoms with Crippen molar-refractivity contribution < 1.29 is 14.6 Å². The van der Waals surface area contributed by atoms with E-state index in [4.69, 9.17) is 9.47 Å². The smallest absolute Gasteiger partial charge is 0.164 e. The first-order valence-electron chi connectivity index (χ1n) is 5.54. The monoisotopic (exact) mass is 198 g/mol. The summed E-state index contributed by atoms with van der Waals surface area (Å²) in [5, 5.41) is 10.1. The van der Waals surface area contributed by atoms with Gasteiger partial charge in [-0.25, -0.2) is 0 Å². The highest BCUT2D eigenvalue weighted by Gasteiger charge is 2.60. The van der Waals surface area contributed by atoms with Crippen LogP contribution in [0.5, 0.6) is 0 Å². The van der Waals surface area contributed by atoms with Crippen molar-refractivity contribution in [3.63, 3.8) is 0 Å². The van der Waals surface area contributed by atoms with Crippen LogP contribution in [0.2, 0.25) is 0 Å². The molecule has 14 heavy (non-hydrogen) atoms. The van der Waals surface area contributed by atoms with Gasteiger partial charge in [0.25, 0.3) is 0 Å². The van der Waals surface area contributed by atoms with E-state index in [1.54, 1.807) is 0 Å². The fourth-order valence-corrected chi connectivity index (χ4v) is 2.50. The largest absolute Gasteiger partial charge is 0.387 e. The predicted octanol–water partition coefficient (Wildman–Crippen LogP) is 1.59. The summed E-state index contributed by atoms with van der Waals surface area (Å²) in [7, 11) is 0. The third-order valence-electron chi connectivity index (χ3n) is 3.62. The molecule has 80 valence electrons. The van der Waals surface area contributed by atoms with Crippen LogP contribution in [0.15, 0.2) is 0 Å². The van der Waals surface area contributed by atoms with Crippen molar-refractivity contribution in [1.82, 2.24) is 0 Å². The molecular weight excluding hydrogens is 180 g/mol. The predicted molar refractivity (Wildman–Crippen MR) is 50.8 cm³/mol. The minimum Gasteiger partial charge on any atom is -0.387 e. The zero-order chi connectivity index (χ0) is 10.0. The Morgan fingerprint density at radius 2 is 1.79 bits per heavy atom. The van der Waals surface area contributed by atoms with E-state index >= 15 is 0 Å². The third-order valence-corrected chi connectivity index (χ3v) is 3.62. The summed E-state index contributed by atoms with van der Waals surface area (Å²) in [4.78, 5) is 0. The molecule has 3 heteroatoms. The second-order valence-corrected chi connectivity index (χ2v) is 5.60. The molecule has 0 aromatic heterocycles. The third kappa shape index (κ3) is 1.38. The van der Waals surface area contributed by atoms with E-state index in [0.717, 1.165) is 32.1 Å². The normalized spacial score (nSPS) is 40.9. The Bertz CT molecular complexity index is 258. The minimum atomic E-state index is -0.531. The summed E-state index contributed by atoms with van der Waals surface area (Å²) < 4.78 is 11.7. The van der Waals surface area contributed by atoms with Crippen LogP contribution in [0.3, 0.4) is 0 Å². The van der Waals surface area contributed by atoms with E-state index in [9.17, 15) is 5.11 Å². The van der Waals surface area contributed by atoms with Gasteiger partial charge < -0.3 is 14.6 Å². The van der Waals surface area contributed by atoms with Crippen LogP contribution in [0, 0.1) is 0 Å². The highest BCUT2D eigenvalue weighted by atomic mass is 16.7. The van der Waals surface area contributed by atoms with Gasteiger partial charge in [-0.05, 0) is 39.5 Å². The lowest BCUT2D eigenvalue weighted by Gasteiger charge is -2.43. The van der Waals surface area contributed by atoms with Gasteiger partial charge in [-0.3, -0.25) is 0 Å². The lowest BCUT2D eigenvalue weighted by molar-refractivity contribution is -0.324. The van der Waals surface area contributed by atoms with Crippen LogP contribution >= 0.6 is 0 Å². The molecule has 0 amide bonds. The van der Waals surface area contributed by atoms with Crippen molar-refractivity contribution in [3.8, 4) is 0 Å². The molecule has 1 spiro atoms. The Kier molecular flexibility index (Phi) is 1.53. The summed E-state index contributed by atoms with van der Waals surface area (Å²) in [6, 6.07) is 0. The van der Waals surface area contributed by atoms with Crippen molar-refractivity contribution in [2.75, 3.05) is 0 Å². The van der Waals surface area contributed by atoms with Crippen LogP contribution in [0.4, 0.5) is 0 Å². The Hall–Kier alpha value is -0.120. The molecule has 3 rings (SSSR count). The highest BCUT2D eigenvalue weighted by Crippen LogP contribution is 2.55. The van der Waals surface area contributed by atoms with Crippen LogP contribution in [-0.2, 0) is 9.47 Å². The molecule has 0 unspecified atom stereocenters. The van der Waals surface area contributed by atoms with Crippen molar-refractivity contribution in [1.29, 1.82) is 0 Å². The molecule has 3 nitrogen and oxygen atoms in total. The molecule has 0 aromatic rings. The molecule has 2 aliphatic carbocycles. The summed E-state index contributed by atoms with van der Waals surface area (Å²) in [5.74, 6) is -0.516. The van der Waals surface area contributed by atoms with E-state index in [1.165, 1.54) is 0 Å². The maximum atomic E-state index is 10.1. The quantitative estimate of drug-likeness (QED) is 0.695. The number of rotatable bonds is 1. The first-order valence-corrected chi connectivity index (χ1v) is 5.54. The Morgan fingerprint density at radius 1 is 1.14 bits per heavy atom. The molecule has 3 aliphatic rings. The minimum absolute atomic E-state index is 0.00579. The number of hydrogen-bond acceptors (Lipinski definition) is 3. The zero-order valence-electron chi connectivity index (χ0n) is 8.88. The van der Waals surface area contributed by atoms with Gasteiger partial charge in [-0.2, -0.15) is 0 Å². The van der Waals surface area contributed by atoms with Crippen molar-refractivity contribution in [2.45, 2.75) is 69.0 Å². The maximum Gasteiger partial charge on any atom is 0.164 e. The van der Waals surface area contributed by atoms with Gasteiger partial charge in [-0.1, -0.05) is 0 Å². The molecule has 0 radical (unpaired) electrons. The molecule has 1 saturated heterocycles. The van der Waals surface area contributed by atoms with Crippen LogP contribution in [0.1, 0.15) is 46.0 Å². The average molecular weight is 198 g/mol. The molecule has 3 fully saturated rings. The number of hydrogen-bond donors (Lipinski definition) is 1. The van der Waals surface area contributed by atoms with Gasteiger partial charge in [-0.15, -0.1) is 0 Å². The van der Waals surface area contributed by atoms with E-state index in [2.05, 4.69) is 0 Å². The Morgan fingerprint density at radius 3 is 2.29 bits per heavy atom. The summed E-state index contributed by atoms with van der Waals surface area (Å²) >= 11 is 0. The first kappa shape index (κ1) is 9.13. The second kappa shape index (κ2) is 2.34. The van der Waals surface area contributed by atoms with Gasteiger partial charge >= 0.3 is 0 Å². The fraction of sp³-hybridized carbons (Fsp3) is 1.00. The topological polar surface area (TPSA) is 38.7 Å². The molecule has 1 aliphatic heterocycles. The van der Waals surface area contributed by atoms with E-state index < -0.39 is 11.4 Å². The van der Waals surface area contributed by atoms with Crippen LogP contribution in [-0.4, -0.2) is 28.2 Å². The van der Waals surface area contributed by atoms with E-state index in [0.29, 0.717) is 0 Å².